The van der Waals surface area contributed by atoms with Crippen LogP contribution < -0.4 is 5.63 Å². The summed E-state index contributed by atoms with van der Waals surface area (Å²) in [5.41, 5.74) is -4.80. The van der Waals surface area contributed by atoms with Crippen molar-refractivity contribution in [1.29, 1.82) is 5.41 Å². The Hall–Kier alpha value is -4.00. The molecule has 1 aromatic carbocycles. The van der Waals surface area contributed by atoms with Crippen LogP contribution in [0.5, 0.6) is 0 Å². The molecule has 0 radical (unpaired) electrons. The van der Waals surface area contributed by atoms with E-state index in [-0.39, 0.29) is 44.3 Å². The van der Waals surface area contributed by atoms with Gasteiger partial charge in [0.2, 0.25) is 5.89 Å². The summed E-state index contributed by atoms with van der Waals surface area (Å²) >= 11 is 5.98. The highest BCUT2D eigenvalue weighted by molar-refractivity contribution is 6.33. The molecule has 14 heteroatoms. The molecule has 0 fully saturated rings. The number of alkyl halides is 6. The third-order valence-electron chi connectivity index (χ3n) is 4.90. The van der Waals surface area contributed by atoms with E-state index < -0.39 is 41.0 Å². The smallest absolute Gasteiger partial charge is 0.433 e. The Labute approximate surface area is 202 Å². The summed E-state index contributed by atoms with van der Waals surface area (Å²) in [5, 5.41) is 11.1. The Balaban J connectivity index is 1.94. The van der Waals surface area contributed by atoms with Gasteiger partial charge in [0, 0.05) is 16.1 Å². The van der Waals surface area contributed by atoms with Crippen molar-refractivity contribution >= 4 is 50.6 Å². The van der Waals surface area contributed by atoms with Crippen LogP contribution in [0, 0.1) is 12.3 Å². The molecule has 0 saturated heterocycles. The molecule has 0 spiro atoms. The maximum atomic E-state index is 13.1. The summed E-state index contributed by atoms with van der Waals surface area (Å²) < 4.78 is 83.5. The number of rotatable bonds is 4. The van der Waals surface area contributed by atoms with Gasteiger partial charge in [-0.05, 0) is 42.6 Å². The third kappa shape index (κ3) is 4.87. The first kappa shape index (κ1) is 25.1. The van der Waals surface area contributed by atoms with Crippen molar-refractivity contribution in [3.8, 4) is 0 Å². The van der Waals surface area contributed by atoms with Gasteiger partial charge >= 0.3 is 18.0 Å². The van der Waals surface area contributed by atoms with Gasteiger partial charge in [0.25, 0.3) is 0 Å². The SMILES string of the molecule is Cc1c2ccc(C(F)(F)F)nc2cc2c(=O)oc(/C(=C/C(=N)C(F)(F)F)[N-]c3ncccc3Cl)nc12. The molecule has 0 unspecified atom stereocenters. The zero-order valence-electron chi connectivity index (χ0n) is 17.8. The Morgan fingerprint density at radius 2 is 1.83 bits per heavy atom. The number of nitrogens with one attached hydrogen (secondary N) is 1. The number of allylic oxidation sites excluding steroid dienone is 1. The van der Waals surface area contributed by atoms with Gasteiger partial charge in [-0.15, -0.1) is 0 Å². The Morgan fingerprint density at radius 1 is 1.11 bits per heavy atom. The van der Waals surface area contributed by atoms with E-state index >= 15 is 0 Å². The maximum Gasteiger partial charge on any atom is 0.433 e. The van der Waals surface area contributed by atoms with Gasteiger partial charge in [-0.3, -0.25) is 5.41 Å². The number of aryl methyl sites for hydroxylation is 1. The molecule has 4 aromatic rings. The molecule has 1 N–H and O–H groups in total. The largest absolute Gasteiger partial charge is 0.441 e. The minimum absolute atomic E-state index is 0.0428. The topological polar surface area (TPSA) is 107 Å². The highest BCUT2D eigenvalue weighted by atomic mass is 35.5. The minimum Gasteiger partial charge on any atom is -0.441 e. The van der Waals surface area contributed by atoms with E-state index in [0.29, 0.717) is 0 Å². The fourth-order valence-corrected chi connectivity index (χ4v) is 3.37. The van der Waals surface area contributed by atoms with Gasteiger partial charge in [-0.1, -0.05) is 29.9 Å². The molecule has 0 aliphatic carbocycles. The number of hydrogen-bond acceptors (Lipinski definition) is 6. The van der Waals surface area contributed by atoms with E-state index in [1.54, 1.807) is 0 Å². The molecule has 0 aliphatic heterocycles. The summed E-state index contributed by atoms with van der Waals surface area (Å²) in [7, 11) is 0. The van der Waals surface area contributed by atoms with Crippen LogP contribution in [0.3, 0.4) is 0 Å². The average molecular weight is 527 g/mol. The number of benzene rings is 1. The van der Waals surface area contributed by atoms with E-state index in [9.17, 15) is 31.1 Å². The predicted octanol–water partition coefficient (Wildman–Crippen LogP) is 6.74. The van der Waals surface area contributed by atoms with Gasteiger partial charge in [0.1, 0.15) is 11.4 Å². The molecule has 0 aliphatic rings. The summed E-state index contributed by atoms with van der Waals surface area (Å²) in [4.78, 5) is 24.2. The van der Waals surface area contributed by atoms with Gasteiger partial charge < -0.3 is 14.7 Å². The van der Waals surface area contributed by atoms with Gasteiger partial charge in [-0.25, -0.2) is 14.8 Å². The van der Waals surface area contributed by atoms with E-state index in [4.69, 9.17) is 21.4 Å². The van der Waals surface area contributed by atoms with Gasteiger partial charge in [-0.2, -0.15) is 26.3 Å². The first-order valence-electron chi connectivity index (χ1n) is 9.78. The van der Waals surface area contributed by atoms with Gasteiger partial charge in [0.15, 0.2) is 0 Å². The van der Waals surface area contributed by atoms with Crippen LogP contribution in [0.1, 0.15) is 17.1 Å². The summed E-state index contributed by atoms with van der Waals surface area (Å²) in [6.07, 6.45) is -8.23. The maximum absolute atomic E-state index is 13.1. The highest BCUT2D eigenvalue weighted by Crippen LogP contribution is 2.36. The van der Waals surface area contributed by atoms with Crippen molar-refractivity contribution in [1.82, 2.24) is 15.0 Å². The van der Waals surface area contributed by atoms with Crippen molar-refractivity contribution in [2.24, 2.45) is 0 Å². The average Bonchev–Trinajstić information content (AvgIpc) is 2.79. The van der Waals surface area contributed by atoms with E-state index in [1.165, 1.54) is 25.3 Å². The number of aromatic nitrogens is 3. The van der Waals surface area contributed by atoms with Crippen LogP contribution >= 0.6 is 11.6 Å². The molecule has 3 heterocycles. The van der Waals surface area contributed by atoms with E-state index in [2.05, 4.69) is 20.3 Å². The number of fused-ring (bicyclic) bond motifs is 2. The molecule has 36 heavy (non-hydrogen) atoms. The number of halogens is 7. The molecular weight excluding hydrogens is 516 g/mol. The number of nitrogens with zero attached hydrogens (tertiary/aromatic N) is 4. The summed E-state index contributed by atoms with van der Waals surface area (Å²) in [6, 6.07) is 5.75. The summed E-state index contributed by atoms with van der Waals surface area (Å²) in [5.74, 6) is -0.922. The number of hydrogen-bond donors (Lipinski definition) is 1. The molecule has 0 bridgehead atoms. The van der Waals surface area contributed by atoms with Crippen LogP contribution in [-0.4, -0.2) is 26.8 Å². The second kappa shape index (κ2) is 8.90. The second-order valence-corrected chi connectivity index (χ2v) is 7.73. The van der Waals surface area contributed by atoms with Crippen molar-refractivity contribution in [2.45, 2.75) is 19.3 Å². The zero-order valence-corrected chi connectivity index (χ0v) is 18.5. The first-order chi connectivity index (χ1) is 16.8. The van der Waals surface area contributed by atoms with Crippen LogP contribution in [-0.2, 0) is 6.18 Å². The zero-order chi connectivity index (χ0) is 26.4. The molecular formula is C22H11ClF6N5O2-. The van der Waals surface area contributed by atoms with Crippen molar-refractivity contribution in [2.75, 3.05) is 0 Å². The van der Waals surface area contributed by atoms with Crippen LogP contribution in [0.4, 0.5) is 32.2 Å². The monoisotopic (exact) mass is 526 g/mol. The van der Waals surface area contributed by atoms with Gasteiger partial charge in [0.05, 0.1) is 16.4 Å². The predicted molar refractivity (Wildman–Crippen MR) is 119 cm³/mol. The summed E-state index contributed by atoms with van der Waals surface area (Å²) in [6.45, 7) is 1.45. The highest BCUT2D eigenvalue weighted by Gasteiger charge is 2.34. The van der Waals surface area contributed by atoms with Crippen LogP contribution in [0.15, 0.2) is 51.8 Å². The van der Waals surface area contributed by atoms with Crippen LogP contribution in [0.2, 0.25) is 5.02 Å². The normalized spacial score (nSPS) is 12.8. The van der Waals surface area contributed by atoms with Crippen molar-refractivity contribution in [3.63, 3.8) is 0 Å². The lowest BCUT2D eigenvalue weighted by molar-refractivity contribution is -0.140. The molecule has 0 saturated carbocycles. The quantitative estimate of drug-likeness (QED) is 0.180. The lowest BCUT2D eigenvalue weighted by Crippen LogP contribution is -2.20. The lowest BCUT2D eigenvalue weighted by atomic mass is 10.0. The Kier molecular flexibility index (Phi) is 6.20. The molecule has 186 valence electrons. The fourth-order valence-electron chi connectivity index (χ4n) is 3.21. The van der Waals surface area contributed by atoms with Crippen LogP contribution in [0.25, 0.3) is 32.8 Å². The molecule has 7 nitrogen and oxygen atoms in total. The van der Waals surface area contributed by atoms with Crippen molar-refractivity contribution in [3.05, 3.63) is 80.5 Å². The Morgan fingerprint density at radius 3 is 2.47 bits per heavy atom. The first-order valence-corrected chi connectivity index (χ1v) is 10.2. The molecule has 4 rings (SSSR count). The fraction of sp³-hybridized carbons (Fsp3) is 0.136. The van der Waals surface area contributed by atoms with E-state index in [1.807, 2.05) is 0 Å². The molecule has 0 atom stereocenters. The Bertz CT molecular complexity index is 1610. The minimum atomic E-state index is -5.06. The molecule has 3 aromatic heterocycles. The number of pyridine rings is 2. The third-order valence-corrected chi connectivity index (χ3v) is 5.20. The van der Waals surface area contributed by atoms with Crippen molar-refractivity contribution < 1.29 is 30.8 Å². The standard InChI is InChI=1S/C22H11ClF6N5O2/c1-9-10-4-5-16(22(27,28)29)32-13(10)7-11-17(9)34-19(36-20(11)35)14(8-15(30)21(24,25)26)33-18-12(23)3-2-6-31-18/h2-8H,1H3,(H-,30,31,33)/q-1. The van der Waals surface area contributed by atoms with E-state index in [0.717, 1.165) is 18.2 Å². The second-order valence-electron chi connectivity index (χ2n) is 7.33. The molecule has 0 amide bonds. The lowest BCUT2D eigenvalue weighted by Gasteiger charge is -2.19.